The first-order valence-electron chi connectivity index (χ1n) is 6.62. The molecule has 3 aromatic rings. The van der Waals surface area contributed by atoms with Gasteiger partial charge in [0.25, 0.3) is 0 Å². The lowest BCUT2D eigenvalue weighted by Crippen LogP contribution is -2.15. The smallest absolute Gasteiger partial charge is 0.162 e. The predicted molar refractivity (Wildman–Crippen MR) is 76.3 cm³/mol. The molecule has 5 nitrogen and oxygen atoms in total. The molecular weight excluding hydrogens is 266 g/mol. The van der Waals surface area contributed by atoms with Crippen LogP contribution in [0, 0.1) is 11.3 Å². The second-order valence-electron chi connectivity index (χ2n) is 4.78. The number of rotatable bonds is 1. The van der Waals surface area contributed by atoms with Gasteiger partial charge in [-0.3, -0.25) is 0 Å². The molecule has 0 unspecified atom stereocenters. The Kier molecular flexibility index (Phi) is 2.54. The highest BCUT2D eigenvalue weighted by Gasteiger charge is 2.13. The third kappa shape index (κ3) is 1.98. The number of fused-ring (bicyclic) bond motifs is 2. The van der Waals surface area contributed by atoms with Gasteiger partial charge in [-0.1, -0.05) is 0 Å². The lowest BCUT2D eigenvalue weighted by atomic mass is 10.1. The first kappa shape index (κ1) is 11.8. The van der Waals surface area contributed by atoms with Crippen LogP contribution in [0.15, 0.2) is 42.7 Å². The number of ether oxygens (including phenoxy) is 2. The first-order valence-corrected chi connectivity index (χ1v) is 6.62. The van der Waals surface area contributed by atoms with E-state index >= 15 is 0 Å². The molecule has 2 aromatic heterocycles. The molecule has 3 heterocycles. The van der Waals surface area contributed by atoms with E-state index in [2.05, 4.69) is 11.1 Å². The van der Waals surface area contributed by atoms with E-state index in [-0.39, 0.29) is 0 Å². The fourth-order valence-electron chi connectivity index (χ4n) is 2.40. The minimum atomic E-state index is 0.563. The summed E-state index contributed by atoms with van der Waals surface area (Å²) in [5, 5.41) is 8.94. The summed E-state index contributed by atoms with van der Waals surface area (Å²) in [7, 11) is 0. The number of imidazole rings is 1. The summed E-state index contributed by atoms with van der Waals surface area (Å²) < 4.78 is 13.0. The summed E-state index contributed by atoms with van der Waals surface area (Å²) in [6.07, 6.45) is 3.67. The number of hydrogen-bond acceptors (Lipinski definition) is 4. The zero-order valence-electron chi connectivity index (χ0n) is 11.1. The van der Waals surface area contributed by atoms with Crippen LogP contribution in [-0.4, -0.2) is 22.6 Å². The van der Waals surface area contributed by atoms with Crippen molar-refractivity contribution >= 4 is 5.65 Å². The normalized spacial score (nSPS) is 13.1. The van der Waals surface area contributed by atoms with E-state index < -0.39 is 0 Å². The van der Waals surface area contributed by atoms with Gasteiger partial charge in [0.1, 0.15) is 24.9 Å². The summed E-state index contributed by atoms with van der Waals surface area (Å²) in [6, 6.07) is 11.5. The Morgan fingerprint density at radius 1 is 1.05 bits per heavy atom. The van der Waals surface area contributed by atoms with E-state index in [0.29, 0.717) is 18.8 Å². The van der Waals surface area contributed by atoms with Crippen LogP contribution in [0.25, 0.3) is 16.9 Å². The molecule has 1 aliphatic rings. The number of pyridine rings is 1. The Bertz CT molecular complexity index is 877. The summed E-state index contributed by atoms with van der Waals surface area (Å²) >= 11 is 0. The molecule has 0 aliphatic carbocycles. The Morgan fingerprint density at radius 2 is 1.90 bits per heavy atom. The number of nitriles is 1. The second kappa shape index (κ2) is 4.53. The molecule has 0 saturated carbocycles. The maximum absolute atomic E-state index is 8.94. The highest BCUT2D eigenvalue weighted by atomic mass is 16.6. The fourth-order valence-corrected chi connectivity index (χ4v) is 2.40. The molecule has 0 bridgehead atoms. The van der Waals surface area contributed by atoms with E-state index in [1.54, 1.807) is 12.3 Å². The van der Waals surface area contributed by atoms with Crippen molar-refractivity contribution < 1.29 is 9.47 Å². The van der Waals surface area contributed by atoms with Crippen LogP contribution in [0.4, 0.5) is 0 Å². The molecule has 0 N–H and O–H groups in total. The monoisotopic (exact) mass is 277 g/mol. The average Bonchev–Trinajstić information content (AvgIpc) is 2.97. The van der Waals surface area contributed by atoms with Crippen molar-refractivity contribution in [1.29, 1.82) is 5.26 Å². The van der Waals surface area contributed by atoms with E-state index in [1.807, 2.05) is 34.9 Å². The Labute approximate surface area is 121 Å². The molecule has 1 aromatic carbocycles. The summed E-state index contributed by atoms with van der Waals surface area (Å²) in [4.78, 5) is 4.56. The highest BCUT2D eigenvalue weighted by molar-refractivity contribution is 5.66. The molecule has 0 radical (unpaired) electrons. The van der Waals surface area contributed by atoms with Crippen molar-refractivity contribution in [2.75, 3.05) is 13.2 Å². The molecule has 1 aliphatic heterocycles. The van der Waals surface area contributed by atoms with Crippen molar-refractivity contribution in [3.8, 4) is 28.8 Å². The average molecular weight is 277 g/mol. The molecule has 0 fully saturated rings. The Morgan fingerprint density at radius 3 is 2.76 bits per heavy atom. The maximum atomic E-state index is 8.94. The fraction of sp³-hybridized carbons (Fsp3) is 0.125. The van der Waals surface area contributed by atoms with Crippen molar-refractivity contribution in [3.05, 3.63) is 48.3 Å². The number of nitrogens with zero attached hydrogens (tertiary/aromatic N) is 3. The van der Waals surface area contributed by atoms with Crippen LogP contribution in [0.3, 0.4) is 0 Å². The lowest BCUT2D eigenvalue weighted by Gasteiger charge is -2.18. The molecule has 0 spiro atoms. The van der Waals surface area contributed by atoms with Gasteiger partial charge in [-0.05, 0) is 30.3 Å². The van der Waals surface area contributed by atoms with Gasteiger partial charge in [-0.25, -0.2) is 4.98 Å². The van der Waals surface area contributed by atoms with Crippen molar-refractivity contribution in [3.63, 3.8) is 0 Å². The van der Waals surface area contributed by atoms with Gasteiger partial charge in [-0.15, -0.1) is 0 Å². The van der Waals surface area contributed by atoms with Crippen molar-refractivity contribution in [2.24, 2.45) is 0 Å². The SMILES string of the molecule is N#Cc1ccc2nc(-c3ccc4c(c3)OCCO4)cn2c1. The molecule has 4 rings (SSSR count). The van der Waals surface area contributed by atoms with E-state index in [1.165, 1.54) is 0 Å². The van der Waals surface area contributed by atoms with E-state index in [4.69, 9.17) is 14.7 Å². The third-order valence-electron chi connectivity index (χ3n) is 3.42. The molecule has 5 heteroatoms. The molecule has 21 heavy (non-hydrogen) atoms. The minimum absolute atomic E-state index is 0.563. The summed E-state index contributed by atoms with van der Waals surface area (Å²) in [5.41, 5.74) is 3.20. The van der Waals surface area contributed by atoms with Gasteiger partial charge in [-0.2, -0.15) is 5.26 Å². The zero-order valence-corrected chi connectivity index (χ0v) is 11.1. The number of hydrogen-bond donors (Lipinski definition) is 0. The van der Waals surface area contributed by atoms with Crippen LogP contribution >= 0.6 is 0 Å². The minimum Gasteiger partial charge on any atom is -0.486 e. The van der Waals surface area contributed by atoms with Crippen molar-refractivity contribution in [2.45, 2.75) is 0 Å². The van der Waals surface area contributed by atoms with Gasteiger partial charge in [0, 0.05) is 18.0 Å². The van der Waals surface area contributed by atoms with Gasteiger partial charge in [0.2, 0.25) is 0 Å². The van der Waals surface area contributed by atoms with Crippen LogP contribution in [0.5, 0.6) is 11.5 Å². The predicted octanol–water partition coefficient (Wildman–Crippen LogP) is 2.64. The van der Waals surface area contributed by atoms with Gasteiger partial charge in [0.05, 0.1) is 11.3 Å². The Balaban J connectivity index is 1.81. The van der Waals surface area contributed by atoms with Gasteiger partial charge in [0.15, 0.2) is 11.5 Å². The lowest BCUT2D eigenvalue weighted by molar-refractivity contribution is 0.171. The Hall–Kier alpha value is -3.00. The molecular formula is C16H11N3O2. The maximum Gasteiger partial charge on any atom is 0.162 e. The molecule has 0 amide bonds. The van der Waals surface area contributed by atoms with Crippen LogP contribution in [-0.2, 0) is 0 Å². The van der Waals surface area contributed by atoms with Crippen molar-refractivity contribution in [1.82, 2.24) is 9.38 Å². The van der Waals surface area contributed by atoms with E-state index in [0.717, 1.165) is 28.4 Å². The second-order valence-corrected chi connectivity index (χ2v) is 4.78. The molecule has 102 valence electrons. The largest absolute Gasteiger partial charge is 0.486 e. The summed E-state index contributed by atoms with van der Waals surface area (Å²) in [5.74, 6) is 1.51. The molecule has 0 atom stereocenters. The summed E-state index contributed by atoms with van der Waals surface area (Å²) in [6.45, 7) is 1.14. The van der Waals surface area contributed by atoms with Crippen LogP contribution in [0.1, 0.15) is 5.56 Å². The topological polar surface area (TPSA) is 59.5 Å². The highest BCUT2D eigenvalue weighted by Crippen LogP contribution is 2.34. The number of benzene rings is 1. The quantitative estimate of drug-likeness (QED) is 0.686. The standard InChI is InChI=1S/C16H11N3O2/c17-8-11-1-4-16-18-13(10-19(16)9-11)12-2-3-14-15(7-12)21-6-5-20-14/h1-4,7,9-10H,5-6H2. The van der Waals surface area contributed by atoms with Gasteiger partial charge >= 0.3 is 0 Å². The molecule has 0 saturated heterocycles. The number of aromatic nitrogens is 2. The van der Waals surface area contributed by atoms with E-state index in [9.17, 15) is 0 Å². The third-order valence-corrected chi connectivity index (χ3v) is 3.42. The van der Waals surface area contributed by atoms with Crippen LogP contribution < -0.4 is 9.47 Å². The van der Waals surface area contributed by atoms with Gasteiger partial charge < -0.3 is 13.9 Å². The zero-order chi connectivity index (χ0) is 14.2. The van der Waals surface area contributed by atoms with Crippen LogP contribution in [0.2, 0.25) is 0 Å². The first-order chi connectivity index (χ1) is 10.3.